The molecule has 1 N–H and O–H groups in total. The quantitative estimate of drug-likeness (QED) is 0.885. The predicted octanol–water partition coefficient (Wildman–Crippen LogP) is 3.10. The van der Waals surface area contributed by atoms with Gasteiger partial charge in [-0.25, -0.2) is 13.8 Å². The lowest BCUT2D eigenvalue weighted by molar-refractivity contribution is -0.132. The molecule has 1 fully saturated rings. The maximum Gasteiger partial charge on any atom is 0.262 e. The summed E-state index contributed by atoms with van der Waals surface area (Å²) < 4.78 is 27.3. The number of rotatable bonds is 3. The lowest BCUT2D eigenvalue weighted by Crippen LogP contribution is -2.41. The molecule has 1 unspecified atom stereocenters. The lowest BCUT2D eigenvalue weighted by Gasteiger charge is -2.19. The first-order chi connectivity index (χ1) is 9.94. The first kappa shape index (κ1) is 20.0. The van der Waals surface area contributed by atoms with Crippen LogP contribution in [0.3, 0.4) is 0 Å². The number of para-hydroxylation sites is 1. The van der Waals surface area contributed by atoms with E-state index in [1.54, 1.807) is 7.05 Å². The standard InChI is InChI=1S/C14H15F2N3OS.2ClH/c1-19(13(20)10-6-14(15,16)8-17-10)7-12-18-9-4-2-3-5-11(9)21-12;;/h2-5,10,17H,6-8H2,1H3;2*1H. The maximum atomic E-state index is 13.1. The molecule has 1 aromatic carbocycles. The number of halogens is 4. The summed E-state index contributed by atoms with van der Waals surface area (Å²) in [5, 5.41) is 3.38. The number of benzene rings is 1. The van der Waals surface area contributed by atoms with E-state index in [0.29, 0.717) is 6.54 Å². The Kier molecular flexibility index (Phi) is 6.70. The van der Waals surface area contributed by atoms with E-state index in [4.69, 9.17) is 0 Å². The Morgan fingerprint density at radius 1 is 1.43 bits per heavy atom. The highest BCUT2D eigenvalue weighted by Crippen LogP contribution is 2.27. The Morgan fingerprint density at radius 2 is 2.13 bits per heavy atom. The third kappa shape index (κ3) is 4.50. The van der Waals surface area contributed by atoms with Gasteiger partial charge < -0.3 is 4.90 Å². The number of alkyl halides is 2. The van der Waals surface area contributed by atoms with Gasteiger partial charge in [0.15, 0.2) is 0 Å². The Balaban J connectivity index is 0.00000132. The van der Waals surface area contributed by atoms with E-state index in [2.05, 4.69) is 10.3 Å². The highest BCUT2D eigenvalue weighted by Gasteiger charge is 2.43. The molecule has 0 bridgehead atoms. The smallest absolute Gasteiger partial charge is 0.262 e. The third-order valence-electron chi connectivity index (χ3n) is 3.49. The minimum Gasteiger partial charge on any atom is -0.338 e. The van der Waals surface area contributed by atoms with Gasteiger partial charge in [-0.05, 0) is 12.1 Å². The molecular weight excluding hydrogens is 367 g/mol. The summed E-state index contributed by atoms with van der Waals surface area (Å²) in [6.45, 7) is -0.0969. The van der Waals surface area contributed by atoms with Crippen LogP contribution in [0.5, 0.6) is 0 Å². The number of carbonyl (C=O) groups is 1. The SMILES string of the molecule is CN(Cc1nc2ccccc2s1)C(=O)C1CC(F)(F)CN1.Cl.Cl. The Morgan fingerprint density at radius 3 is 2.74 bits per heavy atom. The van der Waals surface area contributed by atoms with E-state index in [-0.39, 0.29) is 30.7 Å². The van der Waals surface area contributed by atoms with E-state index in [1.807, 2.05) is 24.3 Å². The van der Waals surface area contributed by atoms with Crippen molar-refractivity contribution >= 4 is 52.3 Å². The maximum absolute atomic E-state index is 13.1. The van der Waals surface area contributed by atoms with Gasteiger partial charge in [-0.3, -0.25) is 10.1 Å². The number of aromatic nitrogens is 1. The second-order valence-electron chi connectivity index (χ2n) is 5.26. The average molecular weight is 384 g/mol. The molecule has 1 aliphatic rings. The van der Waals surface area contributed by atoms with Crippen LogP contribution < -0.4 is 5.32 Å². The van der Waals surface area contributed by atoms with Gasteiger partial charge in [0.1, 0.15) is 5.01 Å². The number of fused-ring (bicyclic) bond motifs is 1. The molecule has 1 aliphatic heterocycles. The Hall–Kier alpha value is -1.02. The van der Waals surface area contributed by atoms with E-state index >= 15 is 0 Å². The molecule has 0 radical (unpaired) electrons. The van der Waals surface area contributed by atoms with Crippen molar-refractivity contribution in [1.29, 1.82) is 0 Å². The molecule has 3 rings (SSSR count). The number of likely N-dealkylation sites (N-methyl/N-ethyl adjacent to an activating group) is 1. The summed E-state index contributed by atoms with van der Waals surface area (Å²) in [5.74, 6) is -3.11. The van der Waals surface area contributed by atoms with Crippen molar-refractivity contribution in [1.82, 2.24) is 15.2 Å². The van der Waals surface area contributed by atoms with Crippen LogP contribution in [-0.4, -0.2) is 41.3 Å². The summed E-state index contributed by atoms with van der Waals surface area (Å²) in [5.41, 5.74) is 0.892. The number of nitrogens with one attached hydrogen (secondary N) is 1. The monoisotopic (exact) mass is 383 g/mol. The number of nitrogens with zero attached hydrogens (tertiary/aromatic N) is 2. The lowest BCUT2D eigenvalue weighted by atomic mass is 10.2. The summed E-state index contributed by atoms with van der Waals surface area (Å²) in [6.07, 6.45) is -0.435. The van der Waals surface area contributed by atoms with Crippen LogP contribution in [-0.2, 0) is 11.3 Å². The molecule has 23 heavy (non-hydrogen) atoms. The highest BCUT2D eigenvalue weighted by molar-refractivity contribution is 7.18. The fraction of sp³-hybridized carbons (Fsp3) is 0.429. The largest absolute Gasteiger partial charge is 0.338 e. The van der Waals surface area contributed by atoms with Gasteiger partial charge in [-0.15, -0.1) is 36.2 Å². The van der Waals surface area contributed by atoms with Crippen molar-refractivity contribution in [3.05, 3.63) is 29.3 Å². The summed E-state index contributed by atoms with van der Waals surface area (Å²) in [7, 11) is 1.62. The van der Waals surface area contributed by atoms with E-state index < -0.39 is 24.9 Å². The van der Waals surface area contributed by atoms with E-state index in [0.717, 1.165) is 15.2 Å². The average Bonchev–Trinajstić information content (AvgIpc) is 3.00. The van der Waals surface area contributed by atoms with Crippen LogP contribution >= 0.6 is 36.2 Å². The fourth-order valence-corrected chi connectivity index (χ4v) is 3.45. The van der Waals surface area contributed by atoms with Crippen LogP contribution in [0.2, 0.25) is 0 Å². The van der Waals surface area contributed by atoms with Crippen molar-refractivity contribution in [3.8, 4) is 0 Å². The molecule has 2 heterocycles. The van der Waals surface area contributed by atoms with Crippen molar-refractivity contribution < 1.29 is 13.6 Å². The van der Waals surface area contributed by atoms with Crippen molar-refractivity contribution in [2.45, 2.75) is 24.9 Å². The molecule has 4 nitrogen and oxygen atoms in total. The molecule has 9 heteroatoms. The second-order valence-corrected chi connectivity index (χ2v) is 6.38. The van der Waals surface area contributed by atoms with Gasteiger partial charge in [0.05, 0.1) is 29.3 Å². The van der Waals surface area contributed by atoms with Crippen molar-refractivity contribution in [2.75, 3.05) is 13.6 Å². The first-order valence-electron chi connectivity index (χ1n) is 6.65. The number of hydrogen-bond acceptors (Lipinski definition) is 4. The molecule has 0 aliphatic carbocycles. The molecule has 1 atom stereocenters. The zero-order valence-corrected chi connectivity index (χ0v) is 14.7. The van der Waals surface area contributed by atoms with Crippen LogP contribution in [0.15, 0.2) is 24.3 Å². The molecule has 0 spiro atoms. The van der Waals surface area contributed by atoms with Gasteiger partial charge in [0.25, 0.3) is 5.92 Å². The molecule has 1 amide bonds. The first-order valence-corrected chi connectivity index (χ1v) is 7.47. The van der Waals surface area contributed by atoms with Gasteiger partial charge in [-0.1, -0.05) is 12.1 Å². The topological polar surface area (TPSA) is 45.2 Å². The molecular formula is C14H17Cl2F2N3OS. The minimum atomic E-state index is -2.79. The number of thiazole rings is 1. The van der Waals surface area contributed by atoms with Crippen molar-refractivity contribution in [2.24, 2.45) is 0 Å². The molecule has 1 aromatic heterocycles. The van der Waals surface area contributed by atoms with E-state index in [1.165, 1.54) is 16.2 Å². The van der Waals surface area contributed by atoms with Gasteiger partial charge in [-0.2, -0.15) is 0 Å². The van der Waals surface area contributed by atoms with Gasteiger partial charge in [0, 0.05) is 13.5 Å². The summed E-state index contributed by atoms with van der Waals surface area (Å²) in [4.78, 5) is 18.1. The Bertz CT molecular complexity index is 650. The third-order valence-corrected chi connectivity index (χ3v) is 4.52. The summed E-state index contributed by atoms with van der Waals surface area (Å²) >= 11 is 1.51. The molecule has 128 valence electrons. The number of carbonyl (C=O) groups excluding carboxylic acids is 1. The van der Waals surface area contributed by atoms with Crippen LogP contribution in [0.1, 0.15) is 11.4 Å². The minimum absolute atomic E-state index is 0. The predicted molar refractivity (Wildman–Crippen MR) is 91.9 cm³/mol. The zero-order valence-electron chi connectivity index (χ0n) is 12.3. The fourth-order valence-electron chi connectivity index (χ4n) is 2.42. The normalized spacial score (nSPS) is 19.0. The summed E-state index contributed by atoms with van der Waals surface area (Å²) in [6, 6.07) is 6.92. The second kappa shape index (κ2) is 7.70. The molecule has 2 aromatic rings. The van der Waals surface area contributed by atoms with Crippen LogP contribution in [0.25, 0.3) is 10.2 Å². The van der Waals surface area contributed by atoms with Crippen LogP contribution in [0, 0.1) is 0 Å². The van der Waals surface area contributed by atoms with Gasteiger partial charge >= 0.3 is 0 Å². The van der Waals surface area contributed by atoms with Crippen molar-refractivity contribution in [3.63, 3.8) is 0 Å². The molecule has 0 saturated carbocycles. The zero-order chi connectivity index (χ0) is 15.0. The van der Waals surface area contributed by atoms with Crippen LogP contribution in [0.4, 0.5) is 8.78 Å². The molecule has 1 saturated heterocycles. The van der Waals surface area contributed by atoms with Gasteiger partial charge in [0.2, 0.25) is 5.91 Å². The number of amides is 1. The number of hydrogen-bond donors (Lipinski definition) is 1. The van der Waals surface area contributed by atoms with E-state index in [9.17, 15) is 13.6 Å². The highest BCUT2D eigenvalue weighted by atomic mass is 35.5. The Labute approximate surface area is 149 Å².